The van der Waals surface area contributed by atoms with Crippen LogP contribution >= 0.6 is 0 Å². The maximum atomic E-state index is 12.8. The quantitative estimate of drug-likeness (QED) is 0.880. The Hall–Kier alpha value is -2.56. The van der Waals surface area contributed by atoms with Crippen molar-refractivity contribution in [1.82, 2.24) is 0 Å². The molecule has 0 aliphatic rings. The third-order valence-corrected chi connectivity index (χ3v) is 2.84. The van der Waals surface area contributed by atoms with E-state index in [9.17, 15) is 9.18 Å². The van der Waals surface area contributed by atoms with Crippen molar-refractivity contribution in [3.05, 3.63) is 59.4 Å². The minimum atomic E-state index is -1.00. The van der Waals surface area contributed by atoms with Gasteiger partial charge in [-0.25, -0.2) is 9.18 Å². The van der Waals surface area contributed by atoms with Gasteiger partial charge in [-0.15, -0.1) is 0 Å². The molecule has 2 aromatic rings. The largest absolute Gasteiger partial charge is 0.495 e. The van der Waals surface area contributed by atoms with Crippen LogP contribution in [0.1, 0.15) is 15.9 Å². The summed E-state index contributed by atoms with van der Waals surface area (Å²) in [5.74, 6) is -0.742. The molecule has 104 valence electrons. The Morgan fingerprint density at radius 3 is 2.55 bits per heavy atom. The Balaban J connectivity index is 2.16. The molecule has 0 fully saturated rings. The van der Waals surface area contributed by atoms with Crippen molar-refractivity contribution in [3.63, 3.8) is 0 Å². The molecular weight excluding hydrogens is 261 g/mol. The predicted molar refractivity (Wildman–Crippen MR) is 73.7 cm³/mol. The number of nitrogens with one attached hydrogen (secondary N) is 1. The van der Waals surface area contributed by atoms with E-state index in [-0.39, 0.29) is 11.4 Å². The molecule has 5 heteroatoms. The Kier molecular flexibility index (Phi) is 4.20. The van der Waals surface area contributed by atoms with Crippen LogP contribution in [0.15, 0.2) is 42.5 Å². The summed E-state index contributed by atoms with van der Waals surface area (Å²) in [4.78, 5) is 11.0. The van der Waals surface area contributed by atoms with Gasteiger partial charge in [0.1, 0.15) is 11.6 Å². The summed E-state index contributed by atoms with van der Waals surface area (Å²) in [6, 6.07) is 10.7. The standard InChI is InChI=1S/C15H14FNO3/c1-20-14-7-4-11(15(18)19)8-13(14)17-9-10-2-5-12(16)6-3-10/h2-8,17H,9H2,1H3,(H,18,19). The summed E-state index contributed by atoms with van der Waals surface area (Å²) in [6.45, 7) is 0.444. The molecule has 0 unspecified atom stereocenters. The number of ether oxygens (including phenoxy) is 1. The number of hydrogen-bond acceptors (Lipinski definition) is 3. The van der Waals surface area contributed by atoms with E-state index in [4.69, 9.17) is 9.84 Å². The first kappa shape index (κ1) is 13.9. The zero-order valence-corrected chi connectivity index (χ0v) is 10.9. The molecule has 2 N–H and O–H groups in total. The summed E-state index contributed by atoms with van der Waals surface area (Å²) in [7, 11) is 1.51. The number of carboxylic acid groups (broad SMARTS) is 1. The Morgan fingerprint density at radius 1 is 1.25 bits per heavy atom. The average Bonchev–Trinajstić information content (AvgIpc) is 2.46. The number of hydrogen-bond donors (Lipinski definition) is 2. The minimum absolute atomic E-state index is 0.174. The van der Waals surface area contributed by atoms with Gasteiger partial charge in [0.25, 0.3) is 0 Å². The lowest BCUT2D eigenvalue weighted by atomic mass is 10.1. The predicted octanol–water partition coefficient (Wildman–Crippen LogP) is 3.14. The van der Waals surface area contributed by atoms with Crippen molar-refractivity contribution in [1.29, 1.82) is 0 Å². The molecule has 0 spiro atoms. The zero-order valence-electron chi connectivity index (χ0n) is 10.9. The van der Waals surface area contributed by atoms with Crippen LogP contribution in [0.3, 0.4) is 0 Å². The van der Waals surface area contributed by atoms with Crippen molar-refractivity contribution in [3.8, 4) is 5.75 Å². The van der Waals surface area contributed by atoms with Crippen LogP contribution in [0.4, 0.5) is 10.1 Å². The number of carboxylic acids is 1. The molecule has 2 aromatic carbocycles. The topological polar surface area (TPSA) is 58.6 Å². The van der Waals surface area contributed by atoms with Crippen LogP contribution in [0.25, 0.3) is 0 Å². The first-order valence-corrected chi connectivity index (χ1v) is 6.00. The maximum absolute atomic E-state index is 12.8. The van der Waals surface area contributed by atoms with Crippen molar-refractivity contribution >= 4 is 11.7 Å². The maximum Gasteiger partial charge on any atom is 0.335 e. The molecule has 20 heavy (non-hydrogen) atoms. The van der Waals surface area contributed by atoms with Crippen LogP contribution < -0.4 is 10.1 Å². The lowest BCUT2D eigenvalue weighted by Crippen LogP contribution is -2.04. The van der Waals surface area contributed by atoms with E-state index in [2.05, 4.69) is 5.32 Å². The molecule has 0 aliphatic carbocycles. The van der Waals surface area contributed by atoms with E-state index in [0.29, 0.717) is 18.0 Å². The van der Waals surface area contributed by atoms with Gasteiger partial charge < -0.3 is 15.2 Å². The van der Waals surface area contributed by atoms with Gasteiger partial charge in [0, 0.05) is 6.54 Å². The summed E-state index contributed by atoms with van der Waals surface area (Å²) in [6.07, 6.45) is 0. The number of halogens is 1. The highest BCUT2D eigenvalue weighted by atomic mass is 19.1. The molecular formula is C15H14FNO3. The van der Waals surface area contributed by atoms with Crippen molar-refractivity contribution in [2.45, 2.75) is 6.54 Å². The highest BCUT2D eigenvalue weighted by Crippen LogP contribution is 2.26. The fraction of sp³-hybridized carbons (Fsp3) is 0.133. The van der Waals surface area contributed by atoms with Crippen molar-refractivity contribution in [2.75, 3.05) is 12.4 Å². The van der Waals surface area contributed by atoms with Gasteiger partial charge in [0.15, 0.2) is 0 Å². The smallest absolute Gasteiger partial charge is 0.335 e. The van der Waals surface area contributed by atoms with E-state index in [1.165, 1.54) is 31.4 Å². The first-order chi connectivity index (χ1) is 9.60. The SMILES string of the molecule is COc1ccc(C(=O)O)cc1NCc1ccc(F)cc1. The molecule has 0 amide bonds. The fourth-order valence-corrected chi connectivity index (χ4v) is 1.78. The second-order valence-corrected chi connectivity index (χ2v) is 4.20. The highest BCUT2D eigenvalue weighted by Gasteiger charge is 2.08. The zero-order chi connectivity index (χ0) is 14.5. The van der Waals surface area contributed by atoms with Gasteiger partial charge in [-0.05, 0) is 35.9 Å². The van der Waals surface area contributed by atoms with Crippen LogP contribution in [0.2, 0.25) is 0 Å². The van der Waals surface area contributed by atoms with Gasteiger partial charge >= 0.3 is 5.97 Å². The van der Waals surface area contributed by atoms with Gasteiger partial charge in [0.2, 0.25) is 0 Å². The molecule has 0 aromatic heterocycles. The van der Waals surface area contributed by atoms with Gasteiger partial charge in [0.05, 0.1) is 18.4 Å². The monoisotopic (exact) mass is 275 g/mol. The Morgan fingerprint density at radius 2 is 1.95 bits per heavy atom. The van der Waals surface area contributed by atoms with E-state index in [1.807, 2.05) is 0 Å². The summed E-state index contributed by atoms with van der Waals surface area (Å²) in [5.41, 5.74) is 1.64. The number of benzene rings is 2. The Bertz CT molecular complexity index is 611. The summed E-state index contributed by atoms with van der Waals surface area (Å²) < 4.78 is 18.0. The molecule has 0 aliphatic heterocycles. The molecule has 2 rings (SSSR count). The van der Waals surface area contributed by atoms with Crippen molar-refractivity contribution in [2.24, 2.45) is 0 Å². The summed E-state index contributed by atoms with van der Waals surface area (Å²) in [5, 5.41) is 12.1. The van der Waals surface area contributed by atoms with Gasteiger partial charge in [-0.3, -0.25) is 0 Å². The number of methoxy groups -OCH3 is 1. The van der Waals surface area contributed by atoms with Crippen LogP contribution in [-0.4, -0.2) is 18.2 Å². The van der Waals surface area contributed by atoms with Crippen LogP contribution in [0.5, 0.6) is 5.75 Å². The van der Waals surface area contributed by atoms with E-state index < -0.39 is 5.97 Å². The van der Waals surface area contributed by atoms with Crippen LogP contribution in [0, 0.1) is 5.82 Å². The minimum Gasteiger partial charge on any atom is -0.495 e. The van der Waals surface area contributed by atoms with Crippen LogP contribution in [-0.2, 0) is 6.54 Å². The third kappa shape index (κ3) is 3.26. The molecule has 0 atom stereocenters. The first-order valence-electron chi connectivity index (χ1n) is 6.00. The highest BCUT2D eigenvalue weighted by molar-refractivity contribution is 5.89. The molecule has 0 bridgehead atoms. The lowest BCUT2D eigenvalue weighted by molar-refractivity contribution is 0.0697. The molecule has 4 nitrogen and oxygen atoms in total. The number of rotatable bonds is 5. The van der Waals surface area contributed by atoms with Crippen molar-refractivity contribution < 1.29 is 19.0 Å². The fourth-order valence-electron chi connectivity index (χ4n) is 1.78. The van der Waals surface area contributed by atoms with E-state index in [1.54, 1.807) is 18.2 Å². The number of aromatic carboxylic acids is 1. The number of carbonyl (C=O) groups is 1. The number of anilines is 1. The lowest BCUT2D eigenvalue weighted by Gasteiger charge is -2.12. The second-order valence-electron chi connectivity index (χ2n) is 4.20. The third-order valence-electron chi connectivity index (χ3n) is 2.84. The van der Waals surface area contributed by atoms with Gasteiger partial charge in [-0.1, -0.05) is 12.1 Å². The van der Waals surface area contributed by atoms with Gasteiger partial charge in [-0.2, -0.15) is 0 Å². The molecule has 0 heterocycles. The molecule has 0 radical (unpaired) electrons. The molecule has 0 saturated carbocycles. The summed E-state index contributed by atoms with van der Waals surface area (Å²) >= 11 is 0. The Labute approximate surface area is 115 Å². The van der Waals surface area contributed by atoms with E-state index >= 15 is 0 Å². The average molecular weight is 275 g/mol. The normalized spacial score (nSPS) is 10.1. The van der Waals surface area contributed by atoms with E-state index in [0.717, 1.165) is 5.56 Å². The second kappa shape index (κ2) is 6.06. The molecule has 0 saturated heterocycles.